The summed E-state index contributed by atoms with van der Waals surface area (Å²) in [6.45, 7) is 1.81. The van der Waals surface area contributed by atoms with Crippen molar-refractivity contribution in [3.63, 3.8) is 0 Å². The third-order valence-electron chi connectivity index (χ3n) is 3.07. The summed E-state index contributed by atoms with van der Waals surface area (Å²) in [5, 5.41) is 13.9. The highest BCUT2D eigenvalue weighted by atomic mass is 79.9. The van der Waals surface area contributed by atoms with E-state index in [9.17, 15) is 18.5 Å². The van der Waals surface area contributed by atoms with Gasteiger partial charge in [0.2, 0.25) is 10.0 Å². The van der Waals surface area contributed by atoms with Crippen LogP contribution in [0.3, 0.4) is 0 Å². The molecule has 1 heterocycles. The van der Waals surface area contributed by atoms with Crippen LogP contribution < -0.4 is 10.0 Å². The topological polar surface area (TPSA) is 101 Å². The number of nitrogens with one attached hydrogen (secondary N) is 2. The fourth-order valence-electron chi connectivity index (χ4n) is 1.90. The molecule has 0 atom stereocenters. The highest BCUT2D eigenvalue weighted by molar-refractivity contribution is 9.10. The predicted octanol–water partition coefficient (Wildman–Crippen LogP) is 1.98. The van der Waals surface area contributed by atoms with E-state index >= 15 is 0 Å². The lowest BCUT2D eigenvalue weighted by Crippen LogP contribution is -2.29. The lowest BCUT2D eigenvalue weighted by atomic mass is 10.1. The summed E-state index contributed by atoms with van der Waals surface area (Å²) in [5.41, 5.74) is 0.855. The molecule has 1 aliphatic heterocycles. The largest absolute Gasteiger partial charge is 0.313 e. The van der Waals surface area contributed by atoms with E-state index in [4.69, 9.17) is 0 Å². The molecule has 10 heteroatoms. The molecule has 0 aliphatic carbocycles. The Bertz CT molecular complexity index is 694. The fourth-order valence-corrected chi connectivity index (χ4v) is 3.64. The molecule has 0 fully saturated rings. The van der Waals surface area contributed by atoms with Crippen molar-refractivity contribution in [1.82, 2.24) is 10.0 Å². The van der Waals surface area contributed by atoms with Crippen LogP contribution in [0.2, 0.25) is 0 Å². The zero-order valence-corrected chi connectivity index (χ0v) is 14.6. The number of sulfonamides is 1. The Morgan fingerprint density at radius 3 is 2.68 bits per heavy atom. The van der Waals surface area contributed by atoms with Crippen molar-refractivity contribution < 1.29 is 13.3 Å². The van der Waals surface area contributed by atoms with Gasteiger partial charge in [-0.25, -0.2) is 13.1 Å². The van der Waals surface area contributed by atoms with Gasteiger partial charge in [0.1, 0.15) is 0 Å². The number of benzene rings is 1. The third-order valence-corrected chi connectivity index (χ3v) is 5.11. The van der Waals surface area contributed by atoms with E-state index in [1.807, 2.05) is 6.08 Å². The van der Waals surface area contributed by atoms with Gasteiger partial charge in [0, 0.05) is 19.2 Å². The van der Waals surface area contributed by atoms with E-state index in [0.717, 1.165) is 25.1 Å². The van der Waals surface area contributed by atoms with Crippen LogP contribution >= 0.6 is 28.3 Å². The zero-order chi connectivity index (χ0) is 15.5. The molecule has 1 aromatic carbocycles. The standard InChI is InChI=1S/C12H14BrN3O4S.ClH/c13-11-7-10(1-2-12(11)16(17)18)21(19,20)15-8-9-3-5-14-6-4-9;/h1-3,7,14-15H,4-6,8H2;1H. The Labute approximate surface area is 142 Å². The van der Waals surface area contributed by atoms with Crippen LogP contribution in [0.5, 0.6) is 0 Å². The number of nitro benzene ring substituents is 1. The van der Waals surface area contributed by atoms with Gasteiger partial charge in [-0.15, -0.1) is 12.4 Å². The molecule has 7 nitrogen and oxygen atoms in total. The molecule has 0 aromatic heterocycles. The second-order valence-electron chi connectivity index (χ2n) is 4.51. The maximum atomic E-state index is 12.2. The first kappa shape index (κ1) is 19.0. The summed E-state index contributed by atoms with van der Waals surface area (Å²) in [7, 11) is -3.69. The van der Waals surface area contributed by atoms with Crippen LogP contribution in [-0.4, -0.2) is 33.0 Å². The number of nitro groups is 1. The molecule has 122 valence electrons. The lowest BCUT2D eigenvalue weighted by molar-refractivity contribution is -0.385. The molecule has 0 saturated carbocycles. The highest BCUT2D eigenvalue weighted by Gasteiger charge is 2.19. The van der Waals surface area contributed by atoms with Crippen LogP contribution in [0.25, 0.3) is 0 Å². The quantitative estimate of drug-likeness (QED) is 0.437. The van der Waals surface area contributed by atoms with Gasteiger partial charge in [0.15, 0.2) is 0 Å². The Hall–Kier alpha value is -1.00. The minimum atomic E-state index is -3.69. The molecule has 1 aliphatic rings. The van der Waals surface area contributed by atoms with Crippen molar-refractivity contribution in [2.24, 2.45) is 0 Å². The summed E-state index contributed by atoms with van der Waals surface area (Å²) in [5.74, 6) is 0. The molecule has 2 rings (SSSR count). The summed E-state index contributed by atoms with van der Waals surface area (Å²) in [6.07, 6.45) is 2.75. The van der Waals surface area contributed by atoms with E-state index in [-0.39, 0.29) is 34.0 Å². The molecule has 0 bridgehead atoms. The van der Waals surface area contributed by atoms with Gasteiger partial charge in [-0.1, -0.05) is 11.6 Å². The summed E-state index contributed by atoms with van der Waals surface area (Å²) in [4.78, 5) is 10.1. The molecule has 0 unspecified atom stereocenters. The number of hydrogen-bond acceptors (Lipinski definition) is 5. The summed E-state index contributed by atoms with van der Waals surface area (Å²) >= 11 is 3.01. The lowest BCUT2D eigenvalue weighted by Gasteiger charge is -2.14. The number of rotatable bonds is 5. The molecule has 22 heavy (non-hydrogen) atoms. The zero-order valence-electron chi connectivity index (χ0n) is 11.4. The Kier molecular flexibility index (Phi) is 6.95. The molecular weight excluding hydrogens is 398 g/mol. The molecule has 1 aromatic rings. The van der Waals surface area contributed by atoms with Crippen molar-refractivity contribution in [2.75, 3.05) is 19.6 Å². The first-order valence-electron chi connectivity index (χ1n) is 6.22. The van der Waals surface area contributed by atoms with E-state index < -0.39 is 14.9 Å². The van der Waals surface area contributed by atoms with Gasteiger partial charge in [0.05, 0.1) is 14.3 Å². The molecule has 0 spiro atoms. The highest BCUT2D eigenvalue weighted by Crippen LogP contribution is 2.27. The van der Waals surface area contributed by atoms with Gasteiger partial charge in [-0.05, 0) is 41.0 Å². The molecule has 0 saturated heterocycles. The van der Waals surface area contributed by atoms with Crippen LogP contribution in [0.15, 0.2) is 39.2 Å². The van der Waals surface area contributed by atoms with Gasteiger partial charge in [-0.3, -0.25) is 10.1 Å². The Morgan fingerprint density at radius 2 is 2.14 bits per heavy atom. The maximum absolute atomic E-state index is 12.2. The average molecular weight is 413 g/mol. The fraction of sp³-hybridized carbons (Fsp3) is 0.333. The SMILES string of the molecule is Cl.O=[N+]([O-])c1ccc(S(=O)(=O)NCC2=CCNCC2)cc1Br. The van der Waals surface area contributed by atoms with E-state index in [1.165, 1.54) is 18.2 Å². The van der Waals surface area contributed by atoms with Crippen LogP contribution in [0.1, 0.15) is 6.42 Å². The number of halogens is 2. The van der Waals surface area contributed by atoms with Gasteiger partial charge < -0.3 is 5.32 Å². The van der Waals surface area contributed by atoms with Gasteiger partial charge in [-0.2, -0.15) is 0 Å². The molecule has 0 radical (unpaired) electrons. The van der Waals surface area contributed by atoms with E-state index in [1.54, 1.807) is 0 Å². The number of hydrogen-bond donors (Lipinski definition) is 2. The van der Waals surface area contributed by atoms with Crippen LogP contribution in [-0.2, 0) is 10.0 Å². The van der Waals surface area contributed by atoms with Crippen LogP contribution in [0.4, 0.5) is 5.69 Å². The van der Waals surface area contributed by atoms with Crippen molar-refractivity contribution in [1.29, 1.82) is 0 Å². The maximum Gasteiger partial charge on any atom is 0.283 e. The smallest absolute Gasteiger partial charge is 0.283 e. The van der Waals surface area contributed by atoms with Gasteiger partial charge in [0.25, 0.3) is 5.69 Å². The van der Waals surface area contributed by atoms with Crippen LogP contribution in [0, 0.1) is 10.1 Å². The Morgan fingerprint density at radius 1 is 1.41 bits per heavy atom. The van der Waals surface area contributed by atoms with Crippen molar-refractivity contribution in [3.05, 3.63) is 44.4 Å². The monoisotopic (exact) mass is 411 g/mol. The number of nitrogens with zero attached hydrogens (tertiary/aromatic N) is 1. The van der Waals surface area contributed by atoms with Crippen molar-refractivity contribution in [3.8, 4) is 0 Å². The van der Waals surface area contributed by atoms with Gasteiger partial charge >= 0.3 is 0 Å². The molecule has 2 N–H and O–H groups in total. The van der Waals surface area contributed by atoms with E-state index in [2.05, 4.69) is 26.0 Å². The van der Waals surface area contributed by atoms with E-state index in [0.29, 0.717) is 0 Å². The first-order valence-corrected chi connectivity index (χ1v) is 8.50. The summed E-state index contributed by atoms with van der Waals surface area (Å²) < 4.78 is 27.0. The minimum Gasteiger partial charge on any atom is -0.313 e. The predicted molar refractivity (Wildman–Crippen MR) is 88.8 cm³/mol. The molecule has 0 amide bonds. The first-order chi connectivity index (χ1) is 9.90. The minimum absolute atomic E-state index is 0. The van der Waals surface area contributed by atoms with Crippen molar-refractivity contribution >= 4 is 44.0 Å². The second-order valence-corrected chi connectivity index (χ2v) is 7.13. The average Bonchev–Trinajstić information content (AvgIpc) is 2.46. The Balaban J connectivity index is 0.00000242. The second kappa shape index (κ2) is 8.02. The van der Waals surface area contributed by atoms with Crippen molar-refractivity contribution in [2.45, 2.75) is 11.3 Å². The molecular formula is C12H15BrClN3O4S. The third kappa shape index (κ3) is 4.75. The normalized spacial score (nSPS) is 14.9. The summed E-state index contributed by atoms with van der Waals surface area (Å²) in [6, 6.07) is 3.63.